The average molecular weight is 317 g/mol. The Bertz CT molecular complexity index is 576. The smallest absolute Gasteiger partial charge is 0.0519 e. The van der Waals surface area contributed by atoms with Crippen LogP contribution in [0.4, 0.5) is 11.4 Å². The Balaban J connectivity index is 2.18. The Morgan fingerprint density at radius 3 is 1.91 bits per heavy atom. The van der Waals surface area contributed by atoms with E-state index in [1.165, 1.54) is 16.3 Å². The van der Waals surface area contributed by atoms with Crippen LogP contribution in [0.15, 0.2) is 59.5 Å². The summed E-state index contributed by atoms with van der Waals surface area (Å²) in [6.45, 7) is 3.27. The molecule has 0 aliphatic rings. The molecule has 0 amide bonds. The van der Waals surface area contributed by atoms with Crippen LogP contribution in [-0.2, 0) is 0 Å². The maximum atomic E-state index is 2.48. The van der Waals surface area contributed by atoms with Crippen molar-refractivity contribution in [2.24, 2.45) is 0 Å². The molecule has 0 saturated carbocycles. The van der Waals surface area contributed by atoms with E-state index in [0.29, 0.717) is 0 Å². The molecular formula is C19H28N2S. The lowest BCUT2D eigenvalue weighted by Gasteiger charge is -2.38. The normalized spacial score (nSPS) is 12.0. The van der Waals surface area contributed by atoms with Gasteiger partial charge in [0.15, 0.2) is 0 Å². The lowest BCUT2D eigenvalue weighted by molar-refractivity contribution is 0.940. The van der Waals surface area contributed by atoms with E-state index in [2.05, 4.69) is 97.9 Å². The summed E-state index contributed by atoms with van der Waals surface area (Å²) in [4.78, 5) is 6.09. The van der Waals surface area contributed by atoms with Crippen LogP contribution in [0.5, 0.6) is 0 Å². The highest BCUT2D eigenvalue weighted by molar-refractivity contribution is 8.32. The molecule has 0 atom stereocenters. The van der Waals surface area contributed by atoms with E-state index in [1.54, 1.807) is 0 Å². The molecule has 2 rings (SSSR count). The third-order valence-electron chi connectivity index (χ3n) is 3.97. The van der Waals surface area contributed by atoms with Gasteiger partial charge in [-0.05, 0) is 60.7 Å². The topological polar surface area (TPSA) is 6.48 Å². The second kappa shape index (κ2) is 7.10. The van der Waals surface area contributed by atoms with E-state index < -0.39 is 10.0 Å². The van der Waals surface area contributed by atoms with Gasteiger partial charge in [-0.3, -0.25) is 0 Å². The number of anilines is 2. The van der Waals surface area contributed by atoms with E-state index in [4.69, 9.17) is 0 Å². The zero-order valence-electron chi connectivity index (χ0n) is 14.4. The van der Waals surface area contributed by atoms with Crippen molar-refractivity contribution >= 4 is 21.4 Å². The summed E-state index contributed by atoms with van der Waals surface area (Å²) in [5.74, 6) is 1.09. The second-order valence-electron chi connectivity index (χ2n) is 6.25. The van der Waals surface area contributed by atoms with Crippen molar-refractivity contribution in [3.63, 3.8) is 0 Å². The molecule has 3 heteroatoms. The molecule has 0 aliphatic heterocycles. The molecule has 0 heterocycles. The van der Waals surface area contributed by atoms with E-state index >= 15 is 0 Å². The number of nitrogens with zero attached hydrogens (tertiary/aromatic N) is 2. The molecule has 2 aromatic carbocycles. The second-order valence-corrected chi connectivity index (χ2v) is 10.1. The van der Waals surface area contributed by atoms with Gasteiger partial charge in [-0.15, -0.1) is 0 Å². The summed E-state index contributed by atoms with van der Waals surface area (Å²) >= 11 is 0. The Hall–Kier alpha value is -1.61. The fraction of sp³-hybridized carbons (Fsp3) is 0.368. The fourth-order valence-electron chi connectivity index (χ4n) is 2.56. The summed E-state index contributed by atoms with van der Waals surface area (Å²) < 4.78 is 0. The standard InChI is InChI=1S/C19H28N2S/c1-6-21(18-10-8-7-9-11-18)16-22(4,5)19-14-12-17(13-15-19)20(2)3/h7-15H,6,16H2,1-5H3. The molecule has 0 N–H and O–H groups in total. The van der Waals surface area contributed by atoms with Gasteiger partial charge in [-0.1, -0.05) is 18.2 Å². The number of hydrogen-bond acceptors (Lipinski definition) is 2. The Kier molecular flexibility index (Phi) is 5.41. The van der Waals surface area contributed by atoms with Crippen LogP contribution in [0.1, 0.15) is 6.92 Å². The molecule has 0 aromatic heterocycles. The molecule has 22 heavy (non-hydrogen) atoms. The molecule has 0 spiro atoms. The van der Waals surface area contributed by atoms with Crippen LogP contribution in [0.2, 0.25) is 0 Å². The van der Waals surface area contributed by atoms with Crippen molar-refractivity contribution in [3.8, 4) is 0 Å². The molecule has 2 nitrogen and oxygen atoms in total. The first kappa shape index (κ1) is 16.8. The minimum Gasteiger partial charge on any atom is -0.378 e. The third kappa shape index (κ3) is 3.98. The van der Waals surface area contributed by atoms with Gasteiger partial charge in [0, 0.05) is 32.0 Å². The van der Waals surface area contributed by atoms with Gasteiger partial charge >= 0.3 is 0 Å². The van der Waals surface area contributed by atoms with E-state index in [1.807, 2.05) is 0 Å². The Morgan fingerprint density at radius 2 is 1.41 bits per heavy atom. The van der Waals surface area contributed by atoms with Crippen LogP contribution < -0.4 is 9.80 Å². The summed E-state index contributed by atoms with van der Waals surface area (Å²) in [6.07, 6.45) is 4.81. The molecule has 0 unspecified atom stereocenters. The lowest BCUT2D eigenvalue weighted by atomic mass is 10.3. The number of hydrogen-bond donors (Lipinski definition) is 0. The van der Waals surface area contributed by atoms with Gasteiger partial charge in [-0.2, -0.15) is 0 Å². The van der Waals surface area contributed by atoms with Gasteiger partial charge in [0.05, 0.1) is 5.88 Å². The maximum Gasteiger partial charge on any atom is 0.0519 e. The zero-order chi connectivity index (χ0) is 16.2. The lowest BCUT2D eigenvalue weighted by Crippen LogP contribution is -2.27. The maximum absolute atomic E-state index is 2.48. The molecular weight excluding hydrogens is 288 g/mol. The van der Waals surface area contributed by atoms with Crippen molar-refractivity contribution in [1.82, 2.24) is 0 Å². The minimum absolute atomic E-state index is 0.855. The van der Waals surface area contributed by atoms with E-state index in [0.717, 1.165) is 12.4 Å². The van der Waals surface area contributed by atoms with Crippen LogP contribution in [0, 0.1) is 0 Å². The molecule has 120 valence electrons. The number of benzene rings is 2. The van der Waals surface area contributed by atoms with Gasteiger partial charge in [0.1, 0.15) is 0 Å². The van der Waals surface area contributed by atoms with Crippen molar-refractivity contribution in [3.05, 3.63) is 54.6 Å². The summed E-state index contributed by atoms with van der Waals surface area (Å²) in [5, 5.41) is 0. The largest absolute Gasteiger partial charge is 0.378 e. The van der Waals surface area contributed by atoms with Crippen LogP contribution in [-0.4, -0.2) is 39.0 Å². The molecule has 0 radical (unpaired) electrons. The quantitative estimate of drug-likeness (QED) is 0.765. The summed E-state index contributed by atoms with van der Waals surface area (Å²) in [6, 6.07) is 19.8. The van der Waals surface area contributed by atoms with Crippen molar-refractivity contribution in [2.75, 3.05) is 48.8 Å². The highest BCUT2D eigenvalue weighted by Crippen LogP contribution is 2.50. The Labute approximate surface area is 137 Å². The first-order chi connectivity index (χ1) is 10.4. The number of para-hydroxylation sites is 1. The predicted octanol–water partition coefficient (Wildman–Crippen LogP) is 4.66. The monoisotopic (exact) mass is 316 g/mol. The van der Waals surface area contributed by atoms with E-state index in [9.17, 15) is 0 Å². The van der Waals surface area contributed by atoms with Crippen molar-refractivity contribution < 1.29 is 0 Å². The van der Waals surface area contributed by atoms with Crippen molar-refractivity contribution in [2.45, 2.75) is 11.8 Å². The predicted molar refractivity (Wildman–Crippen MR) is 103 cm³/mol. The summed E-state index contributed by atoms with van der Waals surface area (Å²) in [5.41, 5.74) is 2.57. The Morgan fingerprint density at radius 1 is 0.818 bits per heavy atom. The van der Waals surface area contributed by atoms with Gasteiger partial charge in [0.2, 0.25) is 0 Å². The van der Waals surface area contributed by atoms with Gasteiger partial charge in [-0.25, -0.2) is 10.0 Å². The molecule has 0 bridgehead atoms. The zero-order valence-corrected chi connectivity index (χ0v) is 15.2. The van der Waals surface area contributed by atoms with Crippen LogP contribution in [0.3, 0.4) is 0 Å². The molecule has 0 fully saturated rings. The number of rotatable bonds is 6. The van der Waals surface area contributed by atoms with Crippen LogP contribution >= 0.6 is 10.0 Å². The fourth-order valence-corrected chi connectivity index (χ4v) is 4.70. The molecule has 2 aromatic rings. The van der Waals surface area contributed by atoms with Gasteiger partial charge < -0.3 is 9.80 Å². The highest BCUT2D eigenvalue weighted by Gasteiger charge is 2.19. The summed E-state index contributed by atoms with van der Waals surface area (Å²) in [7, 11) is 3.31. The SMILES string of the molecule is CCN(CS(C)(C)c1ccc(N(C)C)cc1)c1ccccc1. The third-order valence-corrected chi connectivity index (χ3v) is 6.48. The first-order valence-corrected chi connectivity index (χ1v) is 10.3. The molecule has 0 saturated heterocycles. The van der Waals surface area contributed by atoms with Crippen molar-refractivity contribution in [1.29, 1.82) is 0 Å². The van der Waals surface area contributed by atoms with E-state index in [-0.39, 0.29) is 0 Å². The first-order valence-electron chi connectivity index (χ1n) is 7.72. The minimum atomic E-state index is -0.855. The molecule has 0 aliphatic carbocycles. The van der Waals surface area contributed by atoms with Gasteiger partial charge in [0.25, 0.3) is 0 Å². The van der Waals surface area contributed by atoms with Crippen LogP contribution in [0.25, 0.3) is 0 Å². The highest BCUT2D eigenvalue weighted by atomic mass is 32.3. The average Bonchev–Trinajstić information content (AvgIpc) is 2.53.